The number of anilines is 1. The summed E-state index contributed by atoms with van der Waals surface area (Å²) >= 11 is 5.79. The van der Waals surface area contributed by atoms with Gasteiger partial charge in [0, 0.05) is 31.8 Å². The molecule has 0 N–H and O–H groups in total. The number of methoxy groups -OCH3 is 1. The first-order valence-electron chi connectivity index (χ1n) is 8.35. The van der Waals surface area contributed by atoms with Gasteiger partial charge in [0.2, 0.25) is 0 Å². The average Bonchev–Trinajstić information content (AvgIpc) is 2.98. The van der Waals surface area contributed by atoms with E-state index in [4.69, 9.17) is 20.9 Å². The zero-order valence-corrected chi connectivity index (χ0v) is 15.5. The number of aromatic nitrogens is 5. The number of hydrogen-bond donors (Lipinski definition) is 0. The molecule has 4 heterocycles. The Morgan fingerprint density at radius 1 is 1.33 bits per heavy atom. The first kappa shape index (κ1) is 17.6. The van der Waals surface area contributed by atoms with Crippen LogP contribution in [0.1, 0.15) is 11.3 Å². The summed E-state index contributed by atoms with van der Waals surface area (Å²) in [5.41, 5.74) is 2.33. The van der Waals surface area contributed by atoms with Gasteiger partial charge in [-0.05, 0) is 19.1 Å². The van der Waals surface area contributed by atoms with E-state index in [1.54, 1.807) is 38.4 Å². The van der Waals surface area contributed by atoms with Gasteiger partial charge in [-0.1, -0.05) is 16.8 Å². The highest BCUT2D eigenvalue weighted by Gasteiger charge is 2.27. The van der Waals surface area contributed by atoms with E-state index in [1.165, 1.54) is 4.68 Å². The summed E-state index contributed by atoms with van der Waals surface area (Å²) in [5.74, 6) is 0.588. The third-order valence-corrected chi connectivity index (χ3v) is 4.77. The molecule has 0 atom stereocenters. The molecule has 0 radical (unpaired) electrons. The van der Waals surface area contributed by atoms with Crippen molar-refractivity contribution in [2.45, 2.75) is 19.6 Å². The van der Waals surface area contributed by atoms with Crippen LogP contribution in [0.3, 0.4) is 0 Å². The van der Waals surface area contributed by atoms with E-state index in [9.17, 15) is 4.79 Å². The van der Waals surface area contributed by atoms with E-state index >= 15 is 0 Å². The molecular formula is C17H17ClN6O3. The summed E-state index contributed by atoms with van der Waals surface area (Å²) in [6.45, 7) is 3.51. The Bertz CT molecular complexity index is 1010. The largest absolute Gasteiger partial charge is 0.378 e. The van der Waals surface area contributed by atoms with Gasteiger partial charge in [-0.2, -0.15) is 5.10 Å². The Morgan fingerprint density at radius 2 is 2.15 bits per heavy atom. The first-order chi connectivity index (χ1) is 13.0. The van der Waals surface area contributed by atoms with Gasteiger partial charge < -0.3 is 14.2 Å². The van der Waals surface area contributed by atoms with Crippen molar-refractivity contribution in [1.29, 1.82) is 0 Å². The summed E-state index contributed by atoms with van der Waals surface area (Å²) in [6.07, 6.45) is 1.88. The minimum Gasteiger partial charge on any atom is -0.378 e. The smallest absolute Gasteiger partial charge is 0.269 e. The second-order valence-electron chi connectivity index (χ2n) is 6.28. The molecule has 10 heteroatoms. The van der Waals surface area contributed by atoms with Crippen molar-refractivity contribution in [3.63, 3.8) is 0 Å². The molecule has 0 unspecified atom stereocenters. The number of ether oxygens (including phenoxy) is 1. The van der Waals surface area contributed by atoms with Crippen molar-refractivity contribution in [3.05, 3.63) is 51.2 Å². The summed E-state index contributed by atoms with van der Waals surface area (Å²) < 4.78 is 11.9. The quantitative estimate of drug-likeness (QED) is 0.648. The van der Waals surface area contributed by atoms with Crippen LogP contribution >= 0.6 is 11.6 Å². The lowest BCUT2D eigenvalue weighted by atomic mass is 10.1. The third kappa shape index (κ3) is 3.43. The van der Waals surface area contributed by atoms with Gasteiger partial charge in [0.15, 0.2) is 5.15 Å². The summed E-state index contributed by atoms with van der Waals surface area (Å²) in [7, 11) is 1.68. The van der Waals surface area contributed by atoms with Gasteiger partial charge in [-0.3, -0.25) is 4.79 Å². The number of nitrogens with zero attached hydrogens (tertiary/aromatic N) is 6. The molecule has 3 aromatic heterocycles. The molecule has 140 valence electrons. The Kier molecular flexibility index (Phi) is 4.63. The normalized spacial score (nSPS) is 14.4. The Labute approximate surface area is 159 Å². The molecule has 27 heavy (non-hydrogen) atoms. The molecule has 0 amide bonds. The molecule has 1 fully saturated rings. The summed E-state index contributed by atoms with van der Waals surface area (Å²) in [6, 6.07) is 4.90. The van der Waals surface area contributed by atoms with Crippen LogP contribution in [0.2, 0.25) is 5.15 Å². The monoisotopic (exact) mass is 388 g/mol. The van der Waals surface area contributed by atoms with Crippen molar-refractivity contribution in [2.24, 2.45) is 0 Å². The molecule has 1 aliphatic heterocycles. The lowest BCUT2D eigenvalue weighted by molar-refractivity contribution is 0.0787. The molecule has 9 nitrogen and oxygen atoms in total. The molecule has 0 aliphatic carbocycles. The van der Waals surface area contributed by atoms with Crippen LogP contribution in [0.25, 0.3) is 11.4 Å². The Hall–Kier alpha value is -2.78. The van der Waals surface area contributed by atoms with Crippen LogP contribution < -0.4 is 10.5 Å². The average molecular weight is 389 g/mol. The Morgan fingerprint density at radius 3 is 2.81 bits per heavy atom. The van der Waals surface area contributed by atoms with Crippen LogP contribution in [0, 0.1) is 6.92 Å². The summed E-state index contributed by atoms with van der Waals surface area (Å²) in [4.78, 5) is 14.6. The SMILES string of the molecule is COC1CN(c2cnn(Cc3c(-c4ccc(Cl)nn4)noc3C)c(=O)c2)C1. The number of aryl methyl sites for hydroxylation is 1. The Balaban J connectivity index is 1.59. The standard InChI is InChI=1S/C17H17ClN6O3/c1-10-13(17(22-27-10)14-3-4-15(18)21-20-14)9-24-16(25)5-11(6-19-24)23-7-12(8-23)26-2/h3-6,12H,7-9H2,1-2H3. The van der Waals surface area contributed by atoms with Crippen LogP contribution in [-0.4, -0.2) is 51.4 Å². The molecule has 1 aliphatic rings. The zero-order valence-electron chi connectivity index (χ0n) is 14.8. The van der Waals surface area contributed by atoms with Crippen molar-refractivity contribution in [2.75, 3.05) is 25.1 Å². The number of rotatable bonds is 5. The second kappa shape index (κ2) is 7.09. The van der Waals surface area contributed by atoms with E-state index in [0.717, 1.165) is 24.3 Å². The molecule has 0 spiro atoms. The van der Waals surface area contributed by atoms with E-state index < -0.39 is 0 Å². The van der Waals surface area contributed by atoms with E-state index in [-0.39, 0.29) is 23.4 Å². The van der Waals surface area contributed by atoms with Crippen LogP contribution in [0.4, 0.5) is 5.69 Å². The lowest BCUT2D eigenvalue weighted by Gasteiger charge is -2.39. The van der Waals surface area contributed by atoms with Gasteiger partial charge in [0.05, 0.1) is 24.5 Å². The predicted molar refractivity (Wildman–Crippen MR) is 97.9 cm³/mol. The predicted octanol–water partition coefficient (Wildman–Crippen LogP) is 1.53. The maximum Gasteiger partial charge on any atom is 0.269 e. The van der Waals surface area contributed by atoms with Crippen LogP contribution in [0.15, 0.2) is 33.7 Å². The maximum atomic E-state index is 12.5. The van der Waals surface area contributed by atoms with Crippen LogP contribution in [-0.2, 0) is 11.3 Å². The minimum atomic E-state index is -0.206. The van der Waals surface area contributed by atoms with Crippen LogP contribution in [0.5, 0.6) is 0 Å². The molecule has 4 rings (SSSR count). The highest BCUT2D eigenvalue weighted by molar-refractivity contribution is 6.29. The van der Waals surface area contributed by atoms with Crippen molar-refractivity contribution < 1.29 is 9.26 Å². The lowest BCUT2D eigenvalue weighted by Crippen LogP contribution is -2.52. The van der Waals surface area contributed by atoms with Gasteiger partial charge in [0.25, 0.3) is 5.56 Å². The third-order valence-electron chi connectivity index (χ3n) is 4.57. The van der Waals surface area contributed by atoms with Gasteiger partial charge in [-0.15, -0.1) is 10.2 Å². The maximum absolute atomic E-state index is 12.5. The number of halogens is 1. The second-order valence-corrected chi connectivity index (χ2v) is 6.67. The highest BCUT2D eigenvalue weighted by Crippen LogP contribution is 2.24. The fourth-order valence-electron chi connectivity index (χ4n) is 2.88. The molecule has 3 aromatic rings. The van der Waals surface area contributed by atoms with E-state index in [2.05, 4.69) is 20.5 Å². The molecular weight excluding hydrogens is 372 g/mol. The molecule has 0 saturated carbocycles. The van der Waals surface area contributed by atoms with Crippen molar-refractivity contribution in [3.8, 4) is 11.4 Å². The molecule has 0 aromatic carbocycles. The number of hydrogen-bond acceptors (Lipinski definition) is 8. The molecule has 0 bridgehead atoms. The van der Waals surface area contributed by atoms with Gasteiger partial charge in [-0.25, -0.2) is 4.68 Å². The van der Waals surface area contributed by atoms with Gasteiger partial charge in [0.1, 0.15) is 17.1 Å². The van der Waals surface area contributed by atoms with E-state index in [1.807, 2.05) is 4.90 Å². The topological polar surface area (TPSA) is 99.2 Å². The fourth-order valence-corrected chi connectivity index (χ4v) is 2.99. The first-order valence-corrected chi connectivity index (χ1v) is 8.72. The molecule has 1 saturated heterocycles. The zero-order chi connectivity index (χ0) is 19.0. The van der Waals surface area contributed by atoms with Crippen molar-refractivity contribution >= 4 is 17.3 Å². The highest BCUT2D eigenvalue weighted by atomic mass is 35.5. The van der Waals surface area contributed by atoms with E-state index in [0.29, 0.717) is 17.1 Å². The minimum absolute atomic E-state index is 0.204. The van der Waals surface area contributed by atoms with Gasteiger partial charge >= 0.3 is 0 Å². The fraction of sp³-hybridized carbons (Fsp3) is 0.353. The summed E-state index contributed by atoms with van der Waals surface area (Å²) in [5, 5.41) is 16.5. The van der Waals surface area contributed by atoms with Crippen molar-refractivity contribution in [1.82, 2.24) is 25.1 Å².